The van der Waals surface area contributed by atoms with Gasteiger partial charge in [0.05, 0.1) is 0 Å². The van der Waals surface area contributed by atoms with E-state index in [1.807, 2.05) is 0 Å². The number of hydrogen-bond donors (Lipinski definition) is 2. The summed E-state index contributed by atoms with van der Waals surface area (Å²) < 4.78 is 0. The second-order valence-corrected chi connectivity index (χ2v) is 6.78. The summed E-state index contributed by atoms with van der Waals surface area (Å²) in [6.07, 6.45) is 3.99. The van der Waals surface area contributed by atoms with E-state index in [2.05, 4.69) is 33.8 Å². The van der Waals surface area contributed by atoms with Gasteiger partial charge < -0.3 is 10.2 Å². The molecule has 0 spiro atoms. The van der Waals surface area contributed by atoms with Crippen molar-refractivity contribution in [3.05, 3.63) is 11.6 Å². The van der Waals surface area contributed by atoms with E-state index < -0.39 is 24.3 Å². The van der Waals surface area contributed by atoms with Crippen molar-refractivity contribution in [1.29, 1.82) is 0 Å². The highest BCUT2D eigenvalue weighted by Gasteiger charge is 2.33. The van der Waals surface area contributed by atoms with Gasteiger partial charge in [0, 0.05) is 6.42 Å². The predicted molar refractivity (Wildman–Crippen MR) is 86.5 cm³/mol. The zero-order valence-corrected chi connectivity index (χ0v) is 14.2. The van der Waals surface area contributed by atoms with E-state index in [-0.39, 0.29) is 6.42 Å². The normalized spacial score (nSPS) is 25.4. The molecule has 5 atom stereocenters. The third-order valence-electron chi connectivity index (χ3n) is 5.26. The molecule has 0 saturated carbocycles. The van der Waals surface area contributed by atoms with Crippen molar-refractivity contribution in [1.82, 2.24) is 0 Å². The van der Waals surface area contributed by atoms with E-state index in [0.717, 1.165) is 24.8 Å². The van der Waals surface area contributed by atoms with Crippen molar-refractivity contribution in [2.24, 2.45) is 23.7 Å². The Morgan fingerprint density at radius 1 is 1.23 bits per heavy atom. The summed E-state index contributed by atoms with van der Waals surface area (Å²) >= 11 is 0. The maximum atomic E-state index is 11.7. The summed E-state index contributed by atoms with van der Waals surface area (Å²) in [4.78, 5) is 22.3. The molecule has 22 heavy (non-hydrogen) atoms. The third-order valence-corrected chi connectivity index (χ3v) is 5.26. The van der Waals surface area contributed by atoms with E-state index >= 15 is 0 Å². The number of aliphatic hydroxyl groups is 1. The van der Waals surface area contributed by atoms with Crippen LogP contribution in [0.15, 0.2) is 11.6 Å². The lowest BCUT2D eigenvalue weighted by Gasteiger charge is -2.24. The number of hydrogen-bond acceptors (Lipinski definition) is 3. The second kappa shape index (κ2) is 8.47. The molecule has 1 aliphatic carbocycles. The number of carbonyl (C=O) groups is 2. The summed E-state index contributed by atoms with van der Waals surface area (Å²) in [5.74, 6) is 0.235. The Labute approximate surface area is 133 Å². The zero-order valence-electron chi connectivity index (χ0n) is 14.2. The first-order valence-electron chi connectivity index (χ1n) is 8.43. The van der Waals surface area contributed by atoms with Crippen LogP contribution in [0, 0.1) is 23.7 Å². The molecule has 0 aliphatic heterocycles. The minimum atomic E-state index is -1.19. The topological polar surface area (TPSA) is 74.6 Å². The van der Waals surface area contributed by atoms with Gasteiger partial charge in [-0.1, -0.05) is 52.2 Å². The van der Waals surface area contributed by atoms with Crippen LogP contribution in [0.2, 0.25) is 0 Å². The van der Waals surface area contributed by atoms with Crippen molar-refractivity contribution in [2.75, 3.05) is 0 Å². The maximum absolute atomic E-state index is 11.7. The van der Waals surface area contributed by atoms with Crippen molar-refractivity contribution >= 4 is 11.8 Å². The molecule has 0 radical (unpaired) electrons. The Hall–Kier alpha value is -1.16. The highest BCUT2D eigenvalue weighted by atomic mass is 16.4. The average Bonchev–Trinajstić information content (AvgIpc) is 2.88. The molecule has 1 aliphatic rings. The molecule has 0 saturated heterocycles. The van der Waals surface area contributed by atoms with Gasteiger partial charge in [-0.15, -0.1) is 0 Å². The first kappa shape index (κ1) is 18.9. The first-order valence-corrected chi connectivity index (χ1v) is 8.43. The molecule has 0 heterocycles. The number of Topliss-reactive ketones (excluding diaryl/α,β-unsaturated/α-hetero) is 1. The number of carboxylic acids is 1. The largest absolute Gasteiger partial charge is 0.481 e. The minimum absolute atomic E-state index is 0.286. The Bertz CT molecular complexity index is 427. The fraction of sp³-hybridized carbons (Fsp3) is 0.778. The lowest BCUT2D eigenvalue weighted by atomic mass is 9.81. The molecule has 0 aromatic carbocycles. The number of carbonyl (C=O) groups excluding carboxylic acids is 1. The highest BCUT2D eigenvalue weighted by molar-refractivity contribution is 5.97. The summed E-state index contributed by atoms with van der Waals surface area (Å²) in [6.45, 7) is 8.79. The second-order valence-electron chi connectivity index (χ2n) is 6.78. The fourth-order valence-corrected chi connectivity index (χ4v) is 3.32. The molecule has 0 bridgehead atoms. The lowest BCUT2D eigenvalue weighted by molar-refractivity contribution is -0.142. The number of carboxylic acid groups (broad SMARTS) is 1. The van der Waals surface area contributed by atoms with Crippen LogP contribution in [0.1, 0.15) is 59.8 Å². The van der Waals surface area contributed by atoms with Gasteiger partial charge in [0.25, 0.3) is 0 Å². The van der Waals surface area contributed by atoms with Gasteiger partial charge in [0.2, 0.25) is 0 Å². The number of allylic oxidation sites excluding steroid dienone is 1. The number of ketones is 1. The number of rotatable bonds is 9. The minimum Gasteiger partial charge on any atom is -0.481 e. The van der Waals surface area contributed by atoms with E-state index in [1.165, 1.54) is 0 Å². The zero-order chi connectivity index (χ0) is 16.9. The quantitative estimate of drug-likeness (QED) is 0.505. The van der Waals surface area contributed by atoms with Crippen LogP contribution in [-0.2, 0) is 9.59 Å². The van der Waals surface area contributed by atoms with Crippen LogP contribution in [0.25, 0.3) is 0 Å². The van der Waals surface area contributed by atoms with Gasteiger partial charge >= 0.3 is 5.97 Å². The summed E-state index contributed by atoms with van der Waals surface area (Å²) in [7, 11) is 0. The molecule has 0 amide bonds. The van der Waals surface area contributed by atoms with Gasteiger partial charge in [0.1, 0.15) is 12.5 Å². The number of aliphatic hydroxyl groups excluding tert-OH is 1. The van der Waals surface area contributed by atoms with E-state index in [0.29, 0.717) is 23.7 Å². The molecule has 5 unspecified atom stereocenters. The Kier molecular flexibility index (Phi) is 7.27. The van der Waals surface area contributed by atoms with Crippen molar-refractivity contribution in [2.45, 2.75) is 65.9 Å². The molecule has 0 aromatic rings. The molecule has 0 fully saturated rings. The average molecular weight is 310 g/mol. The molecule has 0 aromatic heterocycles. The van der Waals surface area contributed by atoms with Crippen LogP contribution >= 0.6 is 0 Å². The molecular formula is C18H30O4. The van der Waals surface area contributed by atoms with E-state index in [4.69, 9.17) is 5.11 Å². The van der Waals surface area contributed by atoms with Gasteiger partial charge in [-0.3, -0.25) is 9.59 Å². The van der Waals surface area contributed by atoms with Gasteiger partial charge in [-0.25, -0.2) is 0 Å². The predicted octanol–water partition coefficient (Wildman–Crippen LogP) is 3.44. The Morgan fingerprint density at radius 2 is 1.82 bits per heavy atom. The Morgan fingerprint density at radius 3 is 2.32 bits per heavy atom. The monoisotopic (exact) mass is 310 g/mol. The number of aliphatic carboxylic acids is 1. The summed E-state index contributed by atoms with van der Waals surface area (Å²) in [5.41, 5.74) is 1.14. The molecule has 126 valence electrons. The van der Waals surface area contributed by atoms with Crippen LogP contribution in [0.4, 0.5) is 0 Å². The van der Waals surface area contributed by atoms with Crippen LogP contribution < -0.4 is 0 Å². The highest BCUT2D eigenvalue weighted by Crippen LogP contribution is 2.42. The van der Waals surface area contributed by atoms with Crippen LogP contribution in [0.3, 0.4) is 0 Å². The molecule has 4 nitrogen and oxygen atoms in total. The van der Waals surface area contributed by atoms with Gasteiger partial charge in [-0.2, -0.15) is 0 Å². The lowest BCUT2D eigenvalue weighted by Crippen LogP contribution is -2.25. The molecule has 4 heteroatoms. The van der Waals surface area contributed by atoms with Crippen LogP contribution in [-0.4, -0.2) is 28.1 Å². The van der Waals surface area contributed by atoms with Crippen molar-refractivity contribution in [3.63, 3.8) is 0 Å². The van der Waals surface area contributed by atoms with Crippen molar-refractivity contribution in [3.8, 4) is 0 Å². The molecule has 1 rings (SSSR count). The van der Waals surface area contributed by atoms with E-state index in [1.54, 1.807) is 0 Å². The third kappa shape index (κ3) is 4.94. The molecular weight excluding hydrogens is 280 g/mol. The Balaban J connectivity index is 2.81. The standard InChI is InChI=1S/C18H30O4/c1-5-11(3)13-7-14(15(8-13)12(4)6-2)9-16(19)17(20)10-18(21)22/h7,11-13,15-16,19H,5-6,8-10H2,1-4H3,(H,21,22). The molecule has 2 N–H and O–H groups in total. The van der Waals surface area contributed by atoms with E-state index in [9.17, 15) is 14.7 Å². The first-order chi connectivity index (χ1) is 10.3. The van der Waals surface area contributed by atoms with Gasteiger partial charge in [0.15, 0.2) is 5.78 Å². The smallest absolute Gasteiger partial charge is 0.310 e. The van der Waals surface area contributed by atoms with Crippen LogP contribution in [0.5, 0.6) is 0 Å². The maximum Gasteiger partial charge on any atom is 0.310 e. The fourth-order valence-electron chi connectivity index (χ4n) is 3.32. The van der Waals surface area contributed by atoms with Crippen molar-refractivity contribution < 1.29 is 19.8 Å². The summed E-state index contributed by atoms with van der Waals surface area (Å²) in [5, 5.41) is 18.7. The SMILES string of the molecule is CCC(C)C1C=C(CC(O)C(=O)CC(=O)O)C(C(C)CC)C1. The van der Waals surface area contributed by atoms with Gasteiger partial charge in [-0.05, 0) is 30.1 Å². The summed E-state index contributed by atoms with van der Waals surface area (Å²) in [6, 6.07) is 0.